The first kappa shape index (κ1) is 14.6. The van der Waals surface area contributed by atoms with Gasteiger partial charge >= 0.3 is 0 Å². The van der Waals surface area contributed by atoms with E-state index in [0.29, 0.717) is 12.5 Å². The molecule has 1 aromatic rings. The Labute approximate surface area is 129 Å². The van der Waals surface area contributed by atoms with Crippen LogP contribution in [0.3, 0.4) is 0 Å². The van der Waals surface area contributed by atoms with Crippen molar-refractivity contribution in [3.8, 4) is 0 Å². The first-order chi connectivity index (χ1) is 10.1. The van der Waals surface area contributed by atoms with Crippen molar-refractivity contribution in [1.82, 2.24) is 10.2 Å². The van der Waals surface area contributed by atoms with E-state index in [1.165, 1.54) is 0 Å². The van der Waals surface area contributed by atoms with Gasteiger partial charge in [-0.1, -0.05) is 20.3 Å². The predicted octanol–water partition coefficient (Wildman–Crippen LogP) is 2.40. The topological polar surface area (TPSA) is 49.4 Å². The van der Waals surface area contributed by atoms with Gasteiger partial charge in [0.1, 0.15) is 12.1 Å². The van der Waals surface area contributed by atoms with E-state index < -0.39 is 0 Å². The molecule has 3 unspecified atom stereocenters. The van der Waals surface area contributed by atoms with Crippen molar-refractivity contribution in [3.63, 3.8) is 0 Å². The smallest absolute Gasteiger partial charge is 0.246 e. The third kappa shape index (κ3) is 2.84. The van der Waals surface area contributed by atoms with Crippen molar-refractivity contribution in [1.29, 1.82) is 0 Å². The second kappa shape index (κ2) is 5.79. The quantitative estimate of drug-likeness (QED) is 0.908. The van der Waals surface area contributed by atoms with E-state index in [2.05, 4.69) is 17.6 Å². The number of nitrogens with one attached hydrogen (secondary N) is 1. The fraction of sp³-hybridized carbons (Fsp3) is 0.625. The number of amides is 2. The number of rotatable bonds is 5. The molecule has 1 saturated heterocycles. The van der Waals surface area contributed by atoms with Gasteiger partial charge in [0.15, 0.2) is 0 Å². The average Bonchev–Trinajstić information content (AvgIpc) is 3.17. The van der Waals surface area contributed by atoms with E-state index in [9.17, 15) is 9.59 Å². The van der Waals surface area contributed by atoms with Crippen LogP contribution in [0.25, 0.3) is 0 Å². The SMILES string of the molecule is CCC(C)C1NC(=O)C(C2CC2)N(Cc2ccsc2)C1=O. The van der Waals surface area contributed by atoms with Crippen molar-refractivity contribution < 1.29 is 9.59 Å². The Morgan fingerprint density at radius 3 is 2.76 bits per heavy atom. The molecule has 2 aliphatic rings. The molecule has 3 rings (SSSR count). The molecule has 2 fully saturated rings. The fourth-order valence-electron chi connectivity index (χ4n) is 3.02. The highest BCUT2D eigenvalue weighted by Crippen LogP contribution is 2.38. The molecular weight excluding hydrogens is 284 g/mol. The molecule has 3 atom stereocenters. The summed E-state index contributed by atoms with van der Waals surface area (Å²) in [5.41, 5.74) is 1.12. The summed E-state index contributed by atoms with van der Waals surface area (Å²) in [6, 6.07) is 1.40. The number of piperazine rings is 1. The Morgan fingerprint density at radius 2 is 2.19 bits per heavy atom. The molecule has 0 bridgehead atoms. The van der Waals surface area contributed by atoms with E-state index >= 15 is 0 Å². The molecule has 4 nitrogen and oxygen atoms in total. The van der Waals surface area contributed by atoms with Crippen LogP contribution in [0.4, 0.5) is 0 Å². The monoisotopic (exact) mass is 306 g/mol. The maximum Gasteiger partial charge on any atom is 0.246 e. The fourth-order valence-corrected chi connectivity index (χ4v) is 3.67. The molecule has 1 aliphatic heterocycles. The minimum absolute atomic E-state index is 0.0395. The Balaban J connectivity index is 1.85. The minimum atomic E-state index is -0.365. The zero-order valence-electron chi connectivity index (χ0n) is 12.5. The van der Waals surface area contributed by atoms with E-state index in [0.717, 1.165) is 24.8 Å². The number of hydrogen-bond donors (Lipinski definition) is 1. The summed E-state index contributed by atoms with van der Waals surface area (Å²) in [5, 5.41) is 7.04. The molecule has 1 N–H and O–H groups in total. The first-order valence-corrected chi connectivity index (χ1v) is 8.68. The van der Waals surface area contributed by atoms with Crippen LogP contribution in [-0.2, 0) is 16.1 Å². The van der Waals surface area contributed by atoms with Crippen molar-refractivity contribution in [2.75, 3.05) is 0 Å². The second-order valence-corrected chi connectivity index (χ2v) is 7.03. The van der Waals surface area contributed by atoms with Crippen molar-refractivity contribution in [3.05, 3.63) is 22.4 Å². The van der Waals surface area contributed by atoms with Crippen LogP contribution in [0.5, 0.6) is 0 Å². The Kier molecular flexibility index (Phi) is 4.02. The summed E-state index contributed by atoms with van der Waals surface area (Å²) in [6.45, 7) is 4.65. The van der Waals surface area contributed by atoms with Crippen LogP contribution in [0, 0.1) is 11.8 Å². The highest BCUT2D eigenvalue weighted by atomic mass is 32.1. The Hall–Kier alpha value is -1.36. The molecule has 0 aromatic carbocycles. The predicted molar refractivity (Wildman–Crippen MR) is 82.8 cm³/mol. The van der Waals surface area contributed by atoms with Crippen LogP contribution in [0.2, 0.25) is 0 Å². The molecule has 21 heavy (non-hydrogen) atoms. The Morgan fingerprint density at radius 1 is 1.43 bits per heavy atom. The van der Waals surface area contributed by atoms with Gasteiger partial charge in [-0.25, -0.2) is 0 Å². The molecule has 1 aromatic heterocycles. The lowest BCUT2D eigenvalue weighted by Gasteiger charge is -2.41. The molecule has 1 saturated carbocycles. The zero-order valence-corrected chi connectivity index (χ0v) is 13.4. The lowest BCUT2D eigenvalue weighted by atomic mass is 9.93. The van der Waals surface area contributed by atoms with Crippen LogP contribution in [0.15, 0.2) is 16.8 Å². The first-order valence-electron chi connectivity index (χ1n) is 7.73. The van der Waals surface area contributed by atoms with Gasteiger partial charge in [0.2, 0.25) is 11.8 Å². The van der Waals surface area contributed by atoms with E-state index in [-0.39, 0.29) is 29.8 Å². The second-order valence-electron chi connectivity index (χ2n) is 6.25. The van der Waals surface area contributed by atoms with Gasteiger partial charge in [0.05, 0.1) is 0 Å². The average molecular weight is 306 g/mol. The standard InChI is InChI=1S/C16H22N2O2S/c1-3-10(2)13-16(20)18(8-11-6-7-21-9-11)14(12-4-5-12)15(19)17-13/h6-7,9-10,12-14H,3-5,8H2,1-2H3,(H,17,19). The Bertz CT molecular complexity index is 524. The van der Waals surface area contributed by atoms with Crippen LogP contribution >= 0.6 is 11.3 Å². The highest BCUT2D eigenvalue weighted by molar-refractivity contribution is 7.07. The van der Waals surface area contributed by atoms with Crippen LogP contribution < -0.4 is 5.32 Å². The molecular formula is C16H22N2O2S. The van der Waals surface area contributed by atoms with Gasteiger partial charge in [-0.15, -0.1) is 0 Å². The van der Waals surface area contributed by atoms with Gasteiger partial charge in [-0.05, 0) is 47.1 Å². The normalized spacial score (nSPS) is 27.6. The number of carbonyl (C=O) groups excluding carboxylic acids is 2. The van der Waals surface area contributed by atoms with Crippen molar-refractivity contribution >= 4 is 23.2 Å². The summed E-state index contributed by atoms with van der Waals surface area (Å²) >= 11 is 1.63. The van der Waals surface area contributed by atoms with Gasteiger partial charge in [0, 0.05) is 6.54 Å². The molecule has 1 aliphatic carbocycles. The summed E-state index contributed by atoms with van der Waals surface area (Å²) in [7, 11) is 0. The van der Waals surface area contributed by atoms with E-state index in [4.69, 9.17) is 0 Å². The van der Waals surface area contributed by atoms with Gasteiger partial charge in [0.25, 0.3) is 0 Å². The molecule has 114 valence electrons. The summed E-state index contributed by atoms with van der Waals surface area (Å²) in [6.07, 6.45) is 3.00. The lowest BCUT2D eigenvalue weighted by Crippen LogP contribution is -2.65. The lowest BCUT2D eigenvalue weighted by molar-refractivity contribution is -0.152. The number of hydrogen-bond acceptors (Lipinski definition) is 3. The third-order valence-electron chi connectivity index (χ3n) is 4.67. The van der Waals surface area contributed by atoms with Gasteiger partial charge in [-0.3, -0.25) is 9.59 Å². The van der Waals surface area contributed by atoms with Gasteiger partial charge < -0.3 is 10.2 Å². The minimum Gasteiger partial charge on any atom is -0.342 e. The van der Waals surface area contributed by atoms with Gasteiger partial charge in [-0.2, -0.15) is 11.3 Å². The molecule has 5 heteroatoms. The number of nitrogens with zero attached hydrogens (tertiary/aromatic N) is 1. The third-order valence-corrected chi connectivity index (χ3v) is 5.40. The summed E-state index contributed by atoms with van der Waals surface area (Å²) < 4.78 is 0. The molecule has 2 heterocycles. The zero-order chi connectivity index (χ0) is 15.0. The van der Waals surface area contributed by atoms with E-state index in [1.807, 2.05) is 23.3 Å². The van der Waals surface area contributed by atoms with Crippen LogP contribution in [0.1, 0.15) is 38.7 Å². The number of thiophene rings is 1. The molecule has 0 radical (unpaired) electrons. The maximum absolute atomic E-state index is 12.9. The van der Waals surface area contributed by atoms with Crippen molar-refractivity contribution in [2.45, 2.75) is 51.7 Å². The summed E-state index contributed by atoms with van der Waals surface area (Å²) in [4.78, 5) is 27.2. The highest BCUT2D eigenvalue weighted by Gasteiger charge is 2.48. The molecule has 2 amide bonds. The van der Waals surface area contributed by atoms with E-state index in [1.54, 1.807) is 11.3 Å². The largest absolute Gasteiger partial charge is 0.342 e. The number of carbonyl (C=O) groups is 2. The maximum atomic E-state index is 12.9. The molecule has 0 spiro atoms. The van der Waals surface area contributed by atoms with Crippen LogP contribution in [-0.4, -0.2) is 28.8 Å². The summed E-state index contributed by atoms with van der Waals surface area (Å²) in [5.74, 6) is 0.654. The van der Waals surface area contributed by atoms with Crippen molar-refractivity contribution in [2.24, 2.45) is 11.8 Å².